The molecule has 0 atom stereocenters. The SMILES string of the molecule is NCCCNCCC1CCC(n2cc3c(nc2=O)Nc2cc(C4CCNCC4)ccc2O3)CC1. The Morgan fingerprint density at radius 1 is 1.09 bits per heavy atom. The zero-order valence-electron chi connectivity index (χ0n) is 20.0. The van der Waals surface area contributed by atoms with Gasteiger partial charge in [0.15, 0.2) is 17.3 Å². The number of nitrogens with two attached hydrogens (primary N) is 1. The van der Waals surface area contributed by atoms with Crippen molar-refractivity contribution in [3.63, 3.8) is 0 Å². The van der Waals surface area contributed by atoms with Crippen LogP contribution in [-0.2, 0) is 0 Å². The van der Waals surface area contributed by atoms with Crippen LogP contribution in [0.15, 0.2) is 29.2 Å². The number of nitrogens with zero attached hydrogens (tertiary/aromatic N) is 2. The van der Waals surface area contributed by atoms with Crippen LogP contribution >= 0.6 is 0 Å². The Kier molecular flexibility index (Phi) is 7.47. The second-order valence-corrected chi connectivity index (χ2v) is 10.0. The van der Waals surface area contributed by atoms with Crippen molar-refractivity contribution in [3.8, 4) is 11.5 Å². The molecule has 3 heterocycles. The summed E-state index contributed by atoms with van der Waals surface area (Å²) in [6.45, 7) is 4.91. The van der Waals surface area contributed by atoms with Gasteiger partial charge in [-0.05, 0) is 114 Å². The molecule has 2 fully saturated rings. The lowest BCUT2D eigenvalue weighted by molar-refractivity contribution is 0.255. The van der Waals surface area contributed by atoms with E-state index in [2.05, 4.69) is 33.1 Å². The lowest BCUT2D eigenvalue weighted by atomic mass is 9.84. The fourth-order valence-electron chi connectivity index (χ4n) is 5.64. The monoisotopic (exact) mass is 466 g/mol. The number of benzene rings is 1. The van der Waals surface area contributed by atoms with Crippen molar-refractivity contribution in [2.75, 3.05) is 38.0 Å². The minimum atomic E-state index is -0.195. The molecule has 1 aliphatic carbocycles. The molecule has 34 heavy (non-hydrogen) atoms. The molecule has 0 amide bonds. The lowest BCUT2D eigenvalue weighted by Crippen LogP contribution is -2.31. The summed E-state index contributed by atoms with van der Waals surface area (Å²) >= 11 is 0. The standard InChI is InChI=1S/C26H38N6O2/c27-11-1-12-28-13-8-18-2-5-21(6-3-18)32-17-24-25(31-26(32)33)30-22-16-20(4-7-23(22)34-24)19-9-14-29-15-10-19/h4,7,16-19,21,28-29H,1-3,5-6,8-15,27H2,(H,30,31,33). The first-order valence-electron chi connectivity index (χ1n) is 13.0. The number of nitrogens with one attached hydrogen (secondary N) is 3. The average Bonchev–Trinajstić information content (AvgIpc) is 2.88. The van der Waals surface area contributed by atoms with Gasteiger partial charge in [-0.2, -0.15) is 4.98 Å². The molecule has 3 aliphatic rings. The van der Waals surface area contributed by atoms with Gasteiger partial charge in [0.2, 0.25) is 0 Å². The van der Waals surface area contributed by atoms with E-state index < -0.39 is 0 Å². The predicted molar refractivity (Wildman–Crippen MR) is 135 cm³/mol. The molecule has 0 spiro atoms. The summed E-state index contributed by atoms with van der Waals surface area (Å²) < 4.78 is 7.99. The van der Waals surface area contributed by atoms with E-state index in [0.29, 0.717) is 17.5 Å². The van der Waals surface area contributed by atoms with Gasteiger partial charge in [-0.1, -0.05) is 6.07 Å². The molecule has 1 aromatic heterocycles. The summed E-state index contributed by atoms with van der Waals surface area (Å²) in [7, 11) is 0. The Morgan fingerprint density at radius 2 is 1.91 bits per heavy atom. The van der Waals surface area contributed by atoms with Gasteiger partial charge in [0.25, 0.3) is 0 Å². The average molecular weight is 467 g/mol. The third-order valence-corrected chi connectivity index (χ3v) is 7.70. The molecule has 2 aromatic rings. The summed E-state index contributed by atoms with van der Waals surface area (Å²) in [5, 5.41) is 10.3. The fourth-order valence-corrected chi connectivity index (χ4v) is 5.64. The van der Waals surface area contributed by atoms with Crippen LogP contribution < -0.4 is 32.1 Å². The smallest absolute Gasteiger partial charge is 0.350 e. The van der Waals surface area contributed by atoms with Crippen molar-refractivity contribution in [1.29, 1.82) is 0 Å². The molecule has 1 saturated heterocycles. The third kappa shape index (κ3) is 5.29. The van der Waals surface area contributed by atoms with Crippen LogP contribution in [0.2, 0.25) is 0 Å². The molecule has 8 heteroatoms. The number of hydrogen-bond acceptors (Lipinski definition) is 7. The highest BCUT2D eigenvalue weighted by Crippen LogP contribution is 2.43. The largest absolute Gasteiger partial charge is 0.450 e. The van der Waals surface area contributed by atoms with E-state index in [0.717, 1.165) is 95.0 Å². The summed E-state index contributed by atoms with van der Waals surface area (Å²) in [4.78, 5) is 17.3. The van der Waals surface area contributed by atoms with Crippen LogP contribution in [0.1, 0.15) is 68.9 Å². The van der Waals surface area contributed by atoms with Gasteiger partial charge in [0, 0.05) is 6.04 Å². The third-order valence-electron chi connectivity index (χ3n) is 7.70. The number of aromatic nitrogens is 2. The van der Waals surface area contributed by atoms with Crippen LogP contribution in [0.3, 0.4) is 0 Å². The van der Waals surface area contributed by atoms with Crippen LogP contribution in [-0.4, -0.2) is 42.3 Å². The minimum absolute atomic E-state index is 0.194. The van der Waals surface area contributed by atoms with Crippen molar-refractivity contribution in [2.45, 2.75) is 63.3 Å². The summed E-state index contributed by atoms with van der Waals surface area (Å²) in [5.74, 6) is 3.24. The molecular formula is C26H38N6O2. The highest BCUT2D eigenvalue weighted by molar-refractivity contribution is 5.73. The number of anilines is 2. The van der Waals surface area contributed by atoms with E-state index in [1.165, 1.54) is 12.0 Å². The van der Waals surface area contributed by atoms with Crippen molar-refractivity contribution >= 4 is 11.5 Å². The quantitative estimate of drug-likeness (QED) is 0.376. The molecule has 2 aliphatic heterocycles. The van der Waals surface area contributed by atoms with Crippen molar-refractivity contribution < 1.29 is 4.74 Å². The number of hydrogen-bond donors (Lipinski definition) is 4. The summed E-state index contributed by atoms with van der Waals surface area (Å²) in [6.07, 6.45) is 10.7. The molecule has 0 radical (unpaired) electrons. The van der Waals surface area contributed by atoms with E-state index >= 15 is 0 Å². The first-order valence-corrected chi connectivity index (χ1v) is 13.0. The number of fused-ring (bicyclic) bond motifs is 2. The van der Waals surface area contributed by atoms with E-state index in [1.807, 2.05) is 12.3 Å². The number of rotatable bonds is 8. The molecule has 0 unspecified atom stereocenters. The Balaban J connectivity index is 1.22. The Hall–Kier alpha value is -2.42. The molecular weight excluding hydrogens is 428 g/mol. The predicted octanol–water partition coefficient (Wildman–Crippen LogP) is 3.62. The minimum Gasteiger partial charge on any atom is -0.450 e. The van der Waals surface area contributed by atoms with Gasteiger partial charge in [0.1, 0.15) is 0 Å². The lowest BCUT2D eigenvalue weighted by Gasteiger charge is -2.30. The fraction of sp³-hybridized carbons (Fsp3) is 0.615. The van der Waals surface area contributed by atoms with Gasteiger partial charge < -0.3 is 26.4 Å². The van der Waals surface area contributed by atoms with Gasteiger partial charge in [-0.25, -0.2) is 4.79 Å². The van der Waals surface area contributed by atoms with Crippen molar-refractivity contribution in [2.24, 2.45) is 11.7 Å². The van der Waals surface area contributed by atoms with Gasteiger partial charge >= 0.3 is 5.69 Å². The van der Waals surface area contributed by atoms with E-state index in [4.69, 9.17) is 10.5 Å². The summed E-state index contributed by atoms with van der Waals surface area (Å²) in [5.41, 5.74) is 7.57. The molecule has 1 saturated carbocycles. The number of piperidine rings is 1. The molecule has 1 aromatic carbocycles. The second kappa shape index (κ2) is 10.9. The molecule has 184 valence electrons. The maximum atomic E-state index is 12.9. The van der Waals surface area contributed by atoms with Crippen LogP contribution in [0.4, 0.5) is 11.5 Å². The van der Waals surface area contributed by atoms with E-state index in [-0.39, 0.29) is 11.7 Å². The molecule has 8 nitrogen and oxygen atoms in total. The highest BCUT2D eigenvalue weighted by atomic mass is 16.5. The first kappa shape index (κ1) is 23.3. The van der Waals surface area contributed by atoms with Crippen LogP contribution in [0, 0.1) is 5.92 Å². The Bertz CT molecular complexity index is 1020. The van der Waals surface area contributed by atoms with E-state index in [9.17, 15) is 4.79 Å². The Morgan fingerprint density at radius 3 is 2.71 bits per heavy atom. The molecule has 5 rings (SSSR count). The second-order valence-electron chi connectivity index (χ2n) is 10.0. The van der Waals surface area contributed by atoms with Gasteiger partial charge in [-0.3, -0.25) is 4.57 Å². The maximum absolute atomic E-state index is 12.9. The van der Waals surface area contributed by atoms with Crippen molar-refractivity contribution in [3.05, 3.63) is 40.4 Å². The van der Waals surface area contributed by atoms with Crippen molar-refractivity contribution in [1.82, 2.24) is 20.2 Å². The zero-order chi connectivity index (χ0) is 23.3. The zero-order valence-corrected chi connectivity index (χ0v) is 20.0. The van der Waals surface area contributed by atoms with Gasteiger partial charge in [-0.15, -0.1) is 0 Å². The summed E-state index contributed by atoms with van der Waals surface area (Å²) in [6, 6.07) is 6.58. The Labute approximate surface area is 201 Å². The highest BCUT2D eigenvalue weighted by Gasteiger charge is 2.27. The van der Waals surface area contributed by atoms with Crippen LogP contribution in [0.25, 0.3) is 0 Å². The molecule has 0 bridgehead atoms. The van der Waals surface area contributed by atoms with Crippen LogP contribution in [0.5, 0.6) is 11.5 Å². The molecule has 5 N–H and O–H groups in total. The van der Waals surface area contributed by atoms with E-state index in [1.54, 1.807) is 4.57 Å². The van der Waals surface area contributed by atoms with Gasteiger partial charge in [0.05, 0.1) is 11.9 Å². The topological polar surface area (TPSA) is 106 Å². The first-order chi connectivity index (χ1) is 16.7. The number of ether oxygens (including phenoxy) is 1. The maximum Gasteiger partial charge on any atom is 0.350 e. The normalized spacial score (nSPS) is 22.4.